The molecule has 1 heterocycles. The molecule has 0 spiro atoms. The van der Waals surface area contributed by atoms with Crippen LogP contribution in [0.5, 0.6) is 5.75 Å². The van der Waals surface area contributed by atoms with E-state index >= 15 is 0 Å². The van der Waals surface area contributed by atoms with Gasteiger partial charge in [-0.05, 0) is 29.8 Å². The first-order valence-corrected chi connectivity index (χ1v) is 9.19. The number of nitro groups is 1. The van der Waals surface area contributed by atoms with Crippen molar-refractivity contribution in [1.29, 1.82) is 0 Å². The second kappa shape index (κ2) is 8.66. The van der Waals surface area contributed by atoms with Crippen molar-refractivity contribution in [3.05, 3.63) is 69.3 Å². The molecule has 1 fully saturated rings. The van der Waals surface area contributed by atoms with Gasteiger partial charge in [-0.15, -0.1) is 0 Å². The molecular formula is C21H20N4O6. The standard InChI is InChI=1S/C21H20N4O6/c1-23(2)18-9-6-15(25(29)30)10-14(18)11-17-19(26)22-21(28)24(20(17)27)12-13-4-7-16(31-3)8-5-13/h4-11H,12H2,1-3H3,(H,22,26,28)/b17-11-. The normalized spacial score (nSPS) is 15.1. The van der Waals surface area contributed by atoms with Crippen LogP contribution in [0.15, 0.2) is 48.0 Å². The van der Waals surface area contributed by atoms with Crippen LogP contribution in [0.2, 0.25) is 0 Å². The predicted molar refractivity (Wildman–Crippen MR) is 112 cm³/mol. The molecule has 0 saturated carbocycles. The average molecular weight is 424 g/mol. The maximum atomic E-state index is 13.0. The Balaban J connectivity index is 1.98. The molecule has 2 aromatic carbocycles. The SMILES string of the molecule is COc1ccc(CN2C(=O)NC(=O)/C(=C/c3cc([N+](=O)[O-])ccc3N(C)C)C2=O)cc1. The molecule has 4 amide bonds. The number of hydrogen-bond acceptors (Lipinski definition) is 7. The highest BCUT2D eigenvalue weighted by Crippen LogP contribution is 2.28. The first-order valence-electron chi connectivity index (χ1n) is 9.19. The Hall–Kier alpha value is -4.21. The van der Waals surface area contributed by atoms with Crippen molar-refractivity contribution in [3.8, 4) is 5.75 Å². The fraction of sp³-hybridized carbons (Fsp3) is 0.190. The first-order chi connectivity index (χ1) is 14.7. The molecule has 160 valence electrons. The van der Waals surface area contributed by atoms with E-state index in [0.717, 1.165) is 4.90 Å². The van der Waals surface area contributed by atoms with E-state index in [4.69, 9.17) is 4.74 Å². The number of benzene rings is 2. The van der Waals surface area contributed by atoms with E-state index in [1.807, 2.05) is 0 Å². The Kier molecular flexibility index (Phi) is 6.00. The van der Waals surface area contributed by atoms with Crippen molar-refractivity contribution < 1.29 is 24.0 Å². The fourth-order valence-electron chi connectivity index (χ4n) is 3.08. The molecular weight excluding hydrogens is 404 g/mol. The third-order valence-corrected chi connectivity index (χ3v) is 4.69. The van der Waals surface area contributed by atoms with Gasteiger partial charge < -0.3 is 9.64 Å². The molecule has 1 N–H and O–H groups in total. The minimum absolute atomic E-state index is 0.0608. The second-order valence-electron chi connectivity index (χ2n) is 6.95. The van der Waals surface area contributed by atoms with Crippen LogP contribution in [-0.4, -0.2) is 48.9 Å². The number of non-ortho nitro benzene ring substituents is 1. The number of hydrogen-bond donors (Lipinski definition) is 1. The van der Waals surface area contributed by atoms with Crippen LogP contribution in [0, 0.1) is 10.1 Å². The van der Waals surface area contributed by atoms with Gasteiger partial charge in [-0.1, -0.05) is 12.1 Å². The van der Waals surface area contributed by atoms with Gasteiger partial charge in [-0.3, -0.25) is 29.9 Å². The van der Waals surface area contributed by atoms with Crippen molar-refractivity contribution in [2.45, 2.75) is 6.54 Å². The molecule has 0 atom stereocenters. The largest absolute Gasteiger partial charge is 0.497 e. The number of ether oxygens (including phenoxy) is 1. The van der Waals surface area contributed by atoms with Crippen molar-refractivity contribution in [2.24, 2.45) is 0 Å². The van der Waals surface area contributed by atoms with Crippen molar-refractivity contribution in [2.75, 3.05) is 26.1 Å². The van der Waals surface area contributed by atoms with Gasteiger partial charge in [0.15, 0.2) is 0 Å². The van der Waals surface area contributed by atoms with Gasteiger partial charge >= 0.3 is 6.03 Å². The zero-order chi connectivity index (χ0) is 22.7. The van der Waals surface area contributed by atoms with Crippen LogP contribution >= 0.6 is 0 Å². The Morgan fingerprint density at radius 1 is 1.13 bits per heavy atom. The number of amides is 4. The Morgan fingerprint density at radius 3 is 2.39 bits per heavy atom. The van der Waals surface area contributed by atoms with Gasteiger partial charge in [-0.2, -0.15) is 0 Å². The van der Waals surface area contributed by atoms with Crippen molar-refractivity contribution in [1.82, 2.24) is 10.2 Å². The minimum Gasteiger partial charge on any atom is -0.497 e. The smallest absolute Gasteiger partial charge is 0.331 e. The number of anilines is 1. The van der Waals surface area contributed by atoms with Gasteiger partial charge in [0.25, 0.3) is 17.5 Å². The molecule has 0 unspecified atom stereocenters. The van der Waals surface area contributed by atoms with Crippen LogP contribution in [-0.2, 0) is 16.1 Å². The lowest BCUT2D eigenvalue weighted by Crippen LogP contribution is -2.53. The summed E-state index contributed by atoms with van der Waals surface area (Å²) in [5, 5.41) is 13.3. The van der Waals surface area contributed by atoms with Crippen LogP contribution < -0.4 is 15.0 Å². The zero-order valence-electron chi connectivity index (χ0n) is 17.1. The van der Waals surface area contributed by atoms with Gasteiger partial charge in [0.1, 0.15) is 11.3 Å². The van der Waals surface area contributed by atoms with E-state index in [1.54, 1.807) is 43.3 Å². The van der Waals surface area contributed by atoms with E-state index in [1.165, 1.54) is 31.4 Å². The molecule has 3 rings (SSSR count). The van der Waals surface area contributed by atoms with Crippen molar-refractivity contribution >= 4 is 35.3 Å². The van der Waals surface area contributed by atoms with E-state index in [2.05, 4.69) is 5.32 Å². The number of barbiturate groups is 1. The summed E-state index contributed by atoms with van der Waals surface area (Å²) < 4.78 is 5.09. The third-order valence-electron chi connectivity index (χ3n) is 4.69. The number of nitrogens with one attached hydrogen (secondary N) is 1. The molecule has 0 radical (unpaired) electrons. The number of methoxy groups -OCH3 is 1. The lowest BCUT2D eigenvalue weighted by Gasteiger charge is -2.26. The summed E-state index contributed by atoms with van der Waals surface area (Å²) >= 11 is 0. The Morgan fingerprint density at radius 2 is 1.81 bits per heavy atom. The second-order valence-corrected chi connectivity index (χ2v) is 6.95. The maximum absolute atomic E-state index is 13.0. The quantitative estimate of drug-likeness (QED) is 0.327. The molecule has 10 heteroatoms. The third kappa shape index (κ3) is 4.53. The van der Waals surface area contributed by atoms with E-state index in [-0.39, 0.29) is 17.8 Å². The first kappa shape index (κ1) is 21.5. The maximum Gasteiger partial charge on any atom is 0.331 e. The van der Waals surface area contributed by atoms with Crippen LogP contribution in [0.3, 0.4) is 0 Å². The summed E-state index contributed by atoms with van der Waals surface area (Å²) in [5.74, 6) is -1.03. The highest BCUT2D eigenvalue weighted by molar-refractivity contribution is 6.31. The summed E-state index contributed by atoms with van der Waals surface area (Å²) in [6.45, 7) is -0.0608. The minimum atomic E-state index is -0.864. The molecule has 0 bridgehead atoms. The highest BCUT2D eigenvalue weighted by atomic mass is 16.6. The summed E-state index contributed by atoms with van der Waals surface area (Å²) in [7, 11) is 4.98. The number of nitrogens with zero attached hydrogens (tertiary/aromatic N) is 3. The average Bonchev–Trinajstić information content (AvgIpc) is 2.74. The lowest BCUT2D eigenvalue weighted by atomic mass is 10.0. The Labute approximate surface area is 177 Å². The van der Waals surface area contributed by atoms with Gasteiger partial charge in [0, 0.05) is 37.5 Å². The topological polar surface area (TPSA) is 122 Å². The summed E-state index contributed by atoms with van der Waals surface area (Å²) in [6.07, 6.45) is 1.26. The van der Waals surface area contributed by atoms with Gasteiger partial charge in [0.05, 0.1) is 18.6 Å². The van der Waals surface area contributed by atoms with Crippen LogP contribution in [0.25, 0.3) is 6.08 Å². The number of rotatable bonds is 6. The highest BCUT2D eigenvalue weighted by Gasteiger charge is 2.36. The van der Waals surface area contributed by atoms with Gasteiger partial charge in [-0.25, -0.2) is 4.79 Å². The fourth-order valence-corrected chi connectivity index (χ4v) is 3.08. The summed E-state index contributed by atoms with van der Waals surface area (Å²) in [4.78, 5) is 50.9. The molecule has 31 heavy (non-hydrogen) atoms. The van der Waals surface area contributed by atoms with E-state index in [0.29, 0.717) is 22.6 Å². The summed E-state index contributed by atoms with van der Waals surface area (Å²) in [5.41, 5.74) is 1.04. The Bertz CT molecular complexity index is 1090. The van der Waals surface area contributed by atoms with Crippen LogP contribution in [0.4, 0.5) is 16.2 Å². The molecule has 10 nitrogen and oxygen atoms in total. The molecule has 2 aromatic rings. The molecule has 0 aromatic heterocycles. The van der Waals surface area contributed by atoms with Crippen LogP contribution in [0.1, 0.15) is 11.1 Å². The summed E-state index contributed by atoms with van der Waals surface area (Å²) in [6, 6.07) is 10.1. The number of carbonyl (C=O) groups excluding carboxylic acids is 3. The number of carbonyl (C=O) groups is 3. The van der Waals surface area contributed by atoms with Crippen molar-refractivity contribution in [3.63, 3.8) is 0 Å². The number of imide groups is 2. The van der Waals surface area contributed by atoms with E-state index < -0.39 is 22.8 Å². The molecule has 1 aliphatic heterocycles. The predicted octanol–water partition coefficient (Wildman–Crippen LogP) is 2.33. The molecule has 0 aliphatic carbocycles. The monoisotopic (exact) mass is 424 g/mol. The zero-order valence-corrected chi connectivity index (χ0v) is 17.1. The lowest BCUT2D eigenvalue weighted by molar-refractivity contribution is -0.384. The number of nitro benzene ring substituents is 1. The molecule has 1 saturated heterocycles. The van der Waals surface area contributed by atoms with Gasteiger partial charge in [0.2, 0.25) is 0 Å². The number of urea groups is 1. The van der Waals surface area contributed by atoms with E-state index in [9.17, 15) is 24.5 Å². The molecule has 1 aliphatic rings.